The van der Waals surface area contributed by atoms with Crippen molar-refractivity contribution in [2.45, 2.75) is 39.8 Å². The van der Waals surface area contributed by atoms with Gasteiger partial charge in [-0.2, -0.15) is 0 Å². The number of carbonyl (C=O) groups excluding carboxylic acids is 1. The van der Waals surface area contributed by atoms with Crippen LogP contribution in [0.15, 0.2) is 18.2 Å². The summed E-state index contributed by atoms with van der Waals surface area (Å²) in [4.78, 5) is 16.6. The van der Waals surface area contributed by atoms with Gasteiger partial charge in [-0.05, 0) is 44.4 Å². The number of anilines is 1. The maximum atomic E-state index is 12.4. The molecule has 1 aromatic rings. The molecule has 0 saturated heterocycles. The highest BCUT2D eigenvalue weighted by atomic mass is 16.2. The molecule has 0 aromatic heterocycles. The van der Waals surface area contributed by atoms with Crippen molar-refractivity contribution in [3.8, 4) is 0 Å². The summed E-state index contributed by atoms with van der Waals surface area (Å²) in [6.45, 7) is 9.33. The number of rotatable bonds is 4. The fourth-order valence-corrected chi connectivity index (χ4v) is 2.95. The molecule has 1 atom stereocenters. The van der Waals surface area contributed by atoms with Crippen LogP contribution >= 0.6 is 0 Å². The average molecular weight is 275 g/mol. The number of hydrogen-bond donors (Lipinski definition) is 1. The Balaban J connectivity index is 2.11. The van der Waals surface area contributed by atoms with Crippen LogP contribution in [0.4, 0.5) is 5.69 Å². The van der Waals surface area contributed by atoms with E-state index >= 15 is 0 Å². The van der Waals surface area contributed by atoms with E-state index in [0.29, 0.717) is 0 Å². The highest BCUT2D eigenvalue weighted by Crippen LogP contribution is 2.25. The molecule has 1 unspecified atom stereocenters. The number of carbonyl (C=O) groups is 1. The summed E-state index contributed by atoms with van der Waals surface area (Å²) in [5, 5.41) is 0. The smallest absolute Gasteiger partial charge is 0.239 e. The number of benzene rings is 1. The van der Waals surface area contributed by atoms with Crippen molar-refractivity contribution in [1.82, 2.24) is 9.80 Å². The predicted molar refractivity (Wildman–Crippen MR) is 82.4 cm³/mol. The second-order valence-corrected chi connectivity index (χ2v) is 5.39. The highest BCUT2D eigenvalue weighted by Gasteiger charge is 2.28. The summed E-state index contributed by atoms with van der Waals surface area (Å²) in [7, 11) is 0. The quantitative estimate of drug-likeness (QED) is 0.854. The van der Waals surface area contributed by atoms with Crippen LogP contribution < -0.4 is 5.73 Å². The van der Waals surface area contributed by atoms with Crippen molar-refractivity contribution in [2.24, 2.45) is 0 Å². The van der Waals surface area contributed by atoms with Gasteiger partial charge in [0, 0.05) is 31.9 Å². The molecule has 4 heteroatoms. The molecule has 4 nitrogen and oxygen atoms in total. The Morgan fingerprint density at radius 2 is 2.10 bits per heavy atom. The molecule has 1 amide bonds. The molecule has 0 fully saturated rings. The van der Waals surface area contributed by atoms with Gasteiger partial charge in [-0.3, -0.25) is 9.69 Å². The van der Waals surface area contributed by atoms with Crippen LogP contribution in [0.5, 0.6) is 0 Å². The zero-order valence-electron chi connectivity index (χ0n) is 12.7. The van der Waals surface area contributed by atoms with Crippen molar-refractivity contribution >= 4 is 11.6 Å². The van der Waals surface area contributed by atoms with Gasteiger partial charge < -0.3 is 10.6 Å². The van der Waals surface area contributed by atoms with Gasteiger partial charge in [0.2, 0.25) is 5.91 Å². The van der Waals surface area contributed by atoms with Crippen molar-refractivity contribution < 1.29 is 4.79 Å². The molecule has 1 aliphatic heterocycles. The SMILES string of the molecule is CCN(CC)C(=O)C(C)N1CCc2c(N)cccc2C1. The monoisotopic (exact) mass is 275 g/mol. The Bertz CT molecular complexity index is 483. The van der Waals surface area contributed by atoms with E-state index in [4.69, 9.17) is 5.73 Å². The van der Waals surface area contributed by atoms with Crippen molar-refractivity contribution in [1.29, 1.82) is 0 Å². The van der Waals surface area contributed by atoms with E-state index < -0.39 is 0 Å². The first kappa shape index (κ1) is 14.9. The van der Waals surface area contributed by atoms with E-state index in [1.165, 1.54) is 11.1 Å². The summed E-state index contributed by atoms with van der Waals surface area (Å²) in [6.07, 6.45) is 0.928. The minimum atomic E-state index is -0.0653. The normalized spacial score (nSPS) is 16.6. The molecular weight excluding hydrogens is 250 g/mol. The first-order valence-electron chi connectivity index (χ1n) is 7.47. The van der Waals surface area contributed by atoms with Crippen molar-refractivity contribution in [2.75, 3.05) is 25.4 Å². The number of nitrogens with two attached hydrogens (primary N) is 1. The van der Waals surface area contributed by atoms with Gasteiger partial charge in [-0.25, -0.2) is 0 Å². The fourth-order valence-electron chi connectivity index (χ4n) is 2.95. The van der Waals surface area contributed by atoms with Gasteiger partial charge in [0.15, 0.2) is 0 Å². The molecule has 1 heterocycles. The maximum Gasteiger partial charge on any atom is 0.239 e. The number of nitrogens with zero attached hydrogens (tertiary/aromatic N) is 2. The standard InChI is InChI=1S/C16H25N3O/c1-4-18(5-2)16(20)12(3)19-10-9-14-13(11-19)7-6-8-15(14)17/h6-8,12H,4-5,9-11,17H2,1-3H3. The number of nitrogen functional groups attached to an aromatic ring is 1. The average Bonchev–Trinajstić information content (AvgIpc) is 2.47. The third kappa shape index (κ3) is 2.80. The topological polar surface area (TPSA) is 49.6 Å². The molecule has 2 N–H and O–H groups in total. The minimum Gasteiger partial charge on any atom is -0.398 e. The molecule has 1 aromatic carbocycles. The van der Waals surface area contributed by atoms with Gasteiger partial charge in [0.05, 0.1) is 6.04 Å². The largest absolute Gasteiger partial charge is 0.398 e. The zero-order valence-corrected chi connectivity index (χ0v) is 12.7. The third-order valence-corrected chi connectivity index (χ3v) is 4.31. The van der Waals surface area contributed by atoms with E-state index in [-0.39, 0.29) is 11.9 Å². The van der Waals surface area contributed by atoms with Crippen LogP contribution in [0.2, 0.25) is 0 Å². The van der Waals surface area contributed by atoms with E-state index in [0.717, 1.165) is 38.3 Å². The maximum absolute atomic E-state index is 12.4. The van der Waals surface area contributed by atoms with Crippen LogP contribution in [0.25, 0.3) is 0 Å². The lowest BCUT2D eigenvalue weighted by Gasteiger charge is -2.35. The second kappa shape index (κ2) is 6.27. The lowest BCUT2D eigenvalue weighted by atomic mass is 9.97. The predicted octanol–water partition coefficient (Wildman–Crippen LogP) is 1.88. The number of fused-ring (bicyclic) bond motifs is 1. The lowest BCUT2D eigenvalue weighted by Crippen LogP contribution is -2.48. The zero-order chi connectivity index (χ0) is 14.7. The van der Waals surface area contributed by atoms with Gasteiger partial charge in [0.1, 0.15) is 0 Å². The van der Waals surface area contributed by atoms with Gasteiger partial charge in [0.25, 0.3) is 0 Å². The van der Waals surface area contributed by atoms with Gasteiger partial charge >= 0.3 is 0 Å². The molecule has 2 rings (SSSR count). The van der Waals surface area contributed by atoms with E-state index in [9.17, 15) is 4.79 Å². The lowest BCUT2D eigenvalue weighted by molar-refractivity contribution is -0.136. The Labute approximate surface area is 121 Å². The summed E-state index contributed by atoms with van der Waals surface area (Å²) in [5.74, 6) is 0.224. The Kier molecular flexibility index (Phi) is 4.65. The molecule has 110 valence electrons. The fraction of sp³-hybridized carbons (Fsp3) is 0.562. The Morgan fingerprint density at radius 3 is 2.75 bits per heavy atom. The van der Waals surface area contributed by atoms with Crippen LogP contribution in [0, 0.1) is 0 Å². The summed E-state index contributed by atoms with van der Waals surface area (Å²) in [6, 6.07) is 6.00. The third-order valence-electron chi connectivity index (χ3n) is 4.31. The summed E-state index contributed by atoms with van der Waals surface area (Å²) >= 11 is 0. The van der Waals surface area contributed by atoms with E-state index in [2.05, 4.69) is 11.0 Å². The minimum absolute atomic E-state index is 0.0653. The van der Waals surface area contributed by atoms with Crippen molar-refractivity contribution in [3.63, 3.8) is 0 Å². The van der Waals surface area contributed by atoms with E-state index in [1.54, 1.807) is 0 Å². The Morgan fingerprint density at radius 1 is 1.40 bits per heavy atom. The number of hydrogen-bond acceptors (Lipinski definition) is 3. The van der Waals surface area contributed by atoms with Crippen molar-refractivity contribution in [3.05, 3.63) is 29.3 Å². The molecule has 1 aliphatic rings. The number of likely N-dealkylation sites (N-methyl/N-ethyl adjacent to an activating group) is 1. The van der Waals surface area contributed by atoms with E-state index in [1.807, 2.05) is 37.8 Å². The van der Waals surface area contributed by atoms with Gasteiger partial charge in [-0.15, -0.1) is 0 Å². The molecule has 0 radical (unpaired) electrons. The second-order valence-electron chi connectivity index (χ2n) is 5.39. The first-order chi connectivity index (χ1) is 9.58. The summed E-state index contributed by atoms with van der Waals surface area (Å²) in [5.41, 5.74) is 9.42. The molecule has 0 bridgehead atoms. The van der Waals surface area contributed by atoms with Gasteiger partial charge in [-0.1, -0.05) is 12.1 Å². The first-order valence-corrected chi connectivity index (χ1v) is 7.47. The van der Waals surface area contributed by atoms with Crippen LogP contribution in [-0.2, 0) is 17.8 Å². The molecule has 0 spiro atoms. The molecule has 0 saturated carbocycles. The van der Waals surface area contributed by atoms with Crippen LogP contribution in [-0.4, -0.2) is 41.4 Å². The Hall–Kier alpha value is -1.55. The molecule has 0 aliphatic carbocycles. The molecule has 20 heavy (non-hydrogen) atoms. The summed E-state index contributed by atoms with van der Waals surface area (Å²) < 4.78 is 0. The highest BCUT2D eigenvalue weighted by molar-refractivity contribution is 5.81. The van der Waals surface area contributed by atoms with Crippen LogP contribution in [0.3, 0.4) is 0 Å². The number of amides is 1. The van der Waals surface area contributed by atoms with Crippen LogP contribution in [0.1, 0.15) is 31.9 Å². The molecular formula is C16H25N3O.